The molecule has 3 aromatic rings. The zero-order valence-electron chi connectivity index (χ0n) is 20.1. The summed E-state index contributed by atoms with van der Waals surface area (Å²) in [6.45, 7) is 2.71. The lowest BCUT2D eigenvalue weighted by molar-refractivity contribution is -0.113. The van der Waals surface area contributed by atoms with Gasteiger partial charge in [-0.25, -0.2) is 9.97 Å². The Hall–Kier alpha value is -1.92. The van der Waals surface area contributed by atoms with Crippen LogP contribution in [0.15, 0.2) is 35.4 Å². The number of β-amino-alcohol motifs (C(OH)–C–C–N with tert-alkyl or cyclic N) is 1. The molecule has 0 saturated carbocycles. The molecule has 5 heterocycles. The highest BCUT2D eigenvalue weighted by Crippen LogP contribution is 2.30. The summed E-state index contributed by atoms with van der Waals surface area (Å²) in [5.74, 6) is 1.54. The lowest BCUT2D eigenvalue weighted by Crippen LogP contribution is -2.52. The molecule has 0 radical (unpaired) electrons. The molecule has 2 aliphatic rings. The molecule has 200 valence electrons. The van der Waals surface area contributed by atoms with Crippen LogP contribution in [0.4, 0.5) is 5.82 Å². The third-order valence-electron chi connectivity index (χ3n) is 6.37. The molecule has 5 rings (SSSR count). The van der Waals surface area contributed by atoms with Gasteiger partial charge in [-0.3, -0.25) is 9.78 Å². The number of aliphatic hydroxyl groups excluding tert-OH is 1. The molecule has 3 N–H and O–H groups in total. The zero-order chi connectivity index (χ0) is 24.4. The number of halogens is 3. The van der Waals surface area contributed by atoms with Crippen LogP contribution in [0.25, 0.3) is 11.0 Å². The Labute approximate surface area is 236 Å². The summed E-state index contributed by atoms with van der Waals surface area (Å²) >= 11 is 7.96. The fourth-order valence-electron chi connectivity index (χ4n) is 4.48. The molecule has 0 spiro atoms. The van der Waals surface area contributed by atoms with Crippen LogP contribution in [0.3, 0.4) is 0 Å². The molecule has 13 heteroatoms. The van der Waals surface area contributed by atoms with Crippen molar-refractivity contribution in [3.63, 3.8) is 0 Å². The standard InChI is InChI=1S/C24H27ClN6O3S.2ClH/c1-34-22-5-3-18-23(30-22)15(16(25)11-27-18)6-8-31-9-7-17(19(32)12-31)26-10-14-2-4-20-24(28-14)29-21(33)13-35-20;;/h2-5,11,17,19,26,32H,6-10,12-13H2,1H3,(H,28,29,33);2*1H/t17-,19+;;/m0../s1. The van der Waals surface area contributed by atoms with E-state index < -0.39 is 6.10 Å². The maximum atomic E-state index is 11.6. The number of methoxy groups -OCH3 is 1. The van der Waals surface area contributed by atoms with Crippen LogP contribution < -0.4 is 15.4 Å². The molecular weight excluding hydrogens is 559 g/mol. The molecule has 3 aromatic heterocycles. The second-order valence-electron chi connectivity index (χ2n) is 8.69. The van der Waals surface area contributed by atoms with E-state index in [-0.39, 0.29) is 36.8 Å². The lowest BCUT2D eigenvalue weighted by atomic mass is 10.0. The lowest BCUT2D eigenvalue weighted by Gasteiger charge is -2.36. The van der Waals surface area contributed by atoms with Gasteiger partial charge in [0.25, 0.3) is 0 Å². The number of likely N-dealkylation sites (tertiary alicyclic amines) is 1. The van der Waals surface area contributed by atoms with Gasteiger partial charge in [0.1, 0.15) is 5.82 Å². The van der Waals surface area contributed by atoms with Crippen LogP contribution in [0.1, 0.15) is 17.7 Å². The van der Waals surface area contributed by atoms with E-state index in [1.807, 2.05) is 18.2 Å². The van der Waals surface area contributed by atoms with Crippen molar-refractivity contribution >= 4 is 70.9 Å². The number of thioether (sulfide) groups is 1. The number of nitrogens with zero attached hydrogens (tertiary/aromatic N) is 4. The van der Waals surface area contributed by atoms with E-state index in [2.05, 4.69) is 30.5 Å². The number of fused-ring (bicyclic) bond motifs is 2. The number of hydrogen-bond donors (Lipinski definition) is 3. The largest absolute Gasteiger partial charge is 0.481 e. The highest BCUT2D eigenvalue weighted by atomic mass is 35.5. The van der Waals surface area contributed by atoms with Crippen LogP contribution in [0, 0.1) is 0 Å². The minimum atomic E-state index is -0.500. The third-order valence-corrected chi connectivity index (χ3v) is 7.74. The Morgan fingerprint density at radius 1 is 1.27 bits per heavy atom. The van der Waals surface area contributed by atoms with Crippen molar-refractivity contribution in [1.82, 2.24) is 25.2 Å². The molecule has 1 amide bonds. The van der Waals surface area contributed by atoms with Crippen molar-refractivity contribution in [3.05, 3.63) is 46.7 Å². The van der Waals surface area contributed by atoms with E-state index in [0.717, 1.165) is 46.7 Å². The first-order chi connectivity index (χ1) is 17.0. The second kappa shape index (κ2) is 13.2. The van der Waals surface area contributed by atoms with E-state index in [4.69, 9.17) is 16.3 Å². The van der Waals surface area contributed by atoms with Crippen molar-refractivity contribution in [1.29, 1.82) is 0 Å². The van der Waals surface area contributed by atoms with E-state index in [9.17, 15) is 9.90 Å². The summed E-state index contributed by atoms with van der Waals surface area (Å²) < 4.78 is 5.27. The van der Waals surface area contributed by atoms with Crippen molar-refractivity contribution in [2.45, 2.75) is 36.4 Å². The average Bonchev–Trinajstić information content (AvgIpc) is 2.87. The number of anilines is 1. The van der Waals surface area contributed by atoms with Gasteiger partial charge in [-0.15, -0.1) is 36.6 Å². The maximum absolute atomic E-state index is 11.6. The summed E-state index contributed by atoms with van der Waals surface area (Å²) in [5.41, 5.74) is 3.31. The molecular formula is C24H29Cl3N6O3S. The number of rotatable bonds is 7. The van der Waals surface area contributed by atoms with Crippen molar-refractivity contribution < 1.29 is 14.6 Å². The molecule has 2 atom stereocenters. The fourth-order valence-corrected chi connectivity index (χ4v) is 5.46. The van der Waals surface area contributed by atoms with Gasteiger partial charge in [-0.1, -0.05) is 11.6 Å². The first-order valence-electron chi connectivity index (χ1n) is 11.5. The van der Waals surface area contributed by atoms with Gasteiger partial charge in [-0.2, -0.15) is 0 Å². The van der Waals surface area contributed by atoms with Gasteiger partial charge < -0.3 is 25.4 Å². The molecule has 0 aromatic carbocycles. The number of ether oxygens (including phenoxy) is 1. The first-order valence-corrected chi connectivity index (χ1v) is 12.9. The van der Waals surface area contributed by atoms with Crippen LogP contribution >= 0.6 is 48.2 Å². The number of pyridine rings is 3. The van der Waals surface area contributed by atoms with E-state index in [1.165, 1.54) is 11.8 Å². The van der Waals surface area contributed by atoms with E-state index >= 15 is 0 Å². The highest BCUT2D eigenvalue weighted by molar-refractivity contribution is 8.00. The molecule has 2 aliphatic heterocycles. The fraction of sp³-hybridized carbons (Fsp3) is 0.417. The first kappa shape index (κ1) is 29.6. The van der Waals surface area contributed by atoms with Crippen molar-refractivity contribution in [2.24, 2.45) is 0 Å². The molecule has 0 aliphatic carbocycles. The van der Waals surface area contributed by atoms with Gasteiger partial charge in [0.05, 0.1) is 45.6 Å². The number of nitrogens with one attached hydrogen (secondary N) is 2. The number of carbonyl (C=O) groups excluding carboxylic acids is 1. The number of hydrogen-bond acceptors (Lipinski definition) is 9. The number of carbonyl (C=O) groups is 1. The Balaban J connectivity index is 0.00000190. The van der Waals surface area contributed by atoms with Crippen LogP contribution in [0.2, 0.25) is 5.02 Å². The maximum Gasteiger partial charge on any atom is 0.235 e. The normalized spacial score (nSPS) is 19.4. The molecule has 0 unspecified atom stereocenters. The molecule has 37 heavy (non-hydrogen) atoms. The number of piperidine rings is 1. The minimum absolute atomic E-state index is 0. The average molecular weight is 588 g/mol. The monoisotopic (exact) mass is 586 g/mol. The minimum Gasteiger partial charge on any atom is -0.481 e. The van der Waals surface area contributed by atoms with Crippen molar-refractivity contribution in [2.75, 3.05) is 37.8 Å². The summed E-state index contributed by atoms with van der Waals surface area (Å²) in [5, 5.41) is 17.6. The van der Waals surface area contributed by atoms with Gasteiger partial charge in [0.2, 0.25) is 11.8 Å². The topological polar surface area (TPSA) is 112 Å². The summed E-state index contributed by atoms with van der Waals surface area (Å²) in [7, 11) is 1.59. The predicted octanol–water partition coefficient (Wildman–Crippen LogP) is 3.34. The smallest absolute Gasteiger partial charge is 0.235 e. The van der Waals surface area contributed by atoms with Crippen LogP contribution in [0.5, 0.6) is 5.88 Å². The SMILES string of the molecule is COc1ccc2ncc(Cl)c(CCN3CC[C@H](NCc4ccc5c(n4)NC(=O)CS5)[C@H](O)C3)c2n1.Cl.Cl. The Bertz CT molecular complexity index is 1250. The van der Waals surface area contributed by atoms with Gasteiger partial charge >= 0.3 is 0 Å². The number of amides is 1. The molecule has 1 saturated heterocycles. The Morgan fingerprint density at radius 2 is 2.11 bits per heavy atom. The molecule has 9 nitrogen and oxygen atoms in total. The quantitative estimate of drug-likeness (QED) is 0.383. The number of aliphatic hydroxyl groups is 1. The third kappa shape index (κ3) is 6.94. The van der Waals surface area contributed by atoms with Crippen LogP contribution in [-0.2, 0) is 17.8 Å². The van der Waals surface area contributed by atoms with Gasteiger partial charge in [-0.05, 0) is 37.6 Å². The highest BCUT2D eigenvalue weighted by Gasteiger charge is 2.27. The molecule has 0 bridgehead atoms. The molecule has 1 fully saturated rings. The Morgan fingerprint density at radius 3 is 2.89 bits per heavy atom. The summed E-state index contributed by atoms with van der Waals surface area (Å²) in [6, 6.07) is 7.59. The van der Waals surface area contributed by atoms with E-state index in [1.54, 1.807) is 19.4 Å². The van der Waals surface area contributed by atoms with Crippen molar-refractivity contribution in [3.8, 4) is 5.88 Å². The van der Waals surface area contributed by atoms with Gasteiger partial charge in [0.15, 0.2) is 0 Å². The second-order valence-corrected chi connectivity index (χ2v) is 10.1. The predicted molar refractivity (Wildman–Crippen MR) is 151 cm³/mol. The van der Waals surface area contributed by atoms with Gasteiger partial charge in [0, 0.05) is 43.5 Å². The summed E-state index contributed by atoms with van der Waals surface area (Å²) in [4.78, 5) is 28.3. The van der Waals surface area contributed by atoms with E-state index in [0.29, 0.717) is 42.0 Å². The zero-order valence-corrected chi connectivity index (χ0v) is 23.4. The summed E-state index contributed by atoms with van der Waals surface area (Å²) in [6.07, 6.45) is 2.68. The Kier molecular flexibility index (Phi) is 10.6. The number of aromatic nitrogens is 3. The van der Waals surface area contributed by atoms with Crippen LogP contribution in [-0.4, -0.2) is 75.5 Å².